The van der Waals surface area contributed by atoms with Crippen LogP contribution in [0.3, 0.4) is 0 Å². The molecule has 4 rings (SSSR count). The fourth-order valence-electron chi connectivity index (χ4n) is 8.43. The van der Waals surface area contributed by atoms with Gasteiger partial charge < -0.3 is 10.2 Å². The summed E-state index contributed by atoms with van der Waals surface area (Å²) in [4.78, 5) is 0. The lowest BCUT2D eigenvalue weighted by Crippen LogP contribution is -2.57. The minimum atomic E-state index is -0.651. The molecule has 0 aromatic rings. The third-order valence-corrected chi connectivity index (χ3v) is 9.88. The molecule has 1 unspecified atom stereocenters. The van der Waals surface area contributed by atoms with Gasteiger partial charge in [0.15, 0.2) is 0 Å². The Labute approximate surface area is 148 Å². The van der Waals surface area contributed by atoms with E-state index in [1.54, 1.807) is 0 Å². The Morgan fingerprint density at radius 3 is 2.50 bits per heavy atom. The van der Waals surface area contributed by atoms with Crippen LogP contribution in [0.2, 0.25) is 0 Å². The minimum Gasteiger partial charge on any atom is -0.396 e. The molecule has 0 aromatic carbocycles. The van der Waals surface area contributed by atoms with Gasteiger partial charge in [-0.3, -0.25) is 0 Å². The van der Waals surface area contributed by atoms with E-state index in [0.29, 0.717) is 23.7 Å². The Balaban J connectivity index is 1.66. The van der Waals surface area contributed by atoms with Gasteiger partial charge in [-0.25, -0.2) is 0 Å². The Morgan fingerprint density at radius 1 is 0.958 bits per heavy atom. The molecule has 0 radical (unpaired) electrons. The van der Waals surface area contributed by atoms with Crippen LogP contribution in [0.5, 0.6) is 0 Å². The molecule has 8 atom stereocenters. The van der Waals surface area contributed by atoms with Crippen molar-refractivity contribution in [2.24, 2.45) is 40.4 Å². The van der Waals surface area contributed by atoms with E-state index in [2.05, 4.69) is 20.8 Å². The van der Waals surface area contributed by atoms with E-state index in [1.807, 2.05) is 0 Å². The van der Waals surface area contributed by atoms with Crippen molar-refractivity contribution in [2.75, 3.05) is 6.61 Å². The zero-order valence-corrected chi connectivity index (χ0v) is 16.1. The third kappa shape index (κ3) is 2.08. The highest BCUT2D eigenvalue weighted by Crippen LogP contribution is 2.69. The number of fused-ring (bicyclic) bond motifs is 5. The monoisotopic (exact) mass is 334 g/mol. The van der Waals surface area contributed by atoms with E-state index < -0.39 is 5.60 Å². The quantitative estimate of drug-likeness (QED) is 0.763. The Bertz CT molecular complexity index is 490. The van der Waals surface area contributed by atoms with E-state index in [9.17, 15) is 10.2 Å². The van der Waals surface area contributed by atoms with Crippen molar-refractivity contribution in [3.63, 3.8) is 0 Å². The second-order valence-corrected chi connectivity index (χ2v) is 10.4. The van der Waals surface area contributed by atoms with E-state index in [-0.39, 0.29) is 12.0 Å². The summed E-state index contributed by atoms with van der Waals surface area (Å²) in [6.07, 6.45) is 12.8. The van der Waals surface area contributed by atoms with Crippen LogP contribution in [-0.4, -0.2) is 22.4 Å². The molecule has 4 aliphatic carbocycles. The van der Waals surface area contributed by atoms with E-state index in [4.69, 9.17) is 0 Å². The molecule has 24 heavy (non-hydrogen) atoms. The number of rotatable bonds is 2. The molecule has 0 heterocycles. The Hall–Kier alpha value is -0.0800. The van der Waals surface area contributed by atoms with Gasteiger partial charge in [0, 0.05) is 13.0 Å². The van der Waals surface area contributed by atoms with Gasteiger partial charge in [0.25, 0.3) is 0 Å². The number of aliphatic hydroxyl groups is 2. The lowest BCUT2D eigenvalue weighted by molar-refractivity contribution is -0.163. The zero-order valence-electron chi connectivity index (χ0n) is 16.1. The average molecular weight is 335 g/mol. The van der Waals surface area contributed by atoms with Crippen LogP contribution < -0.4 is 0 Å². The molecule has 4 saturated carbocycles. The molecule has 0 aliphatic heterocycles. The number of aliphatic hydroxyl groups excluding tert-OH is 1. The first kappa shape index (κ1) is 17.3. The highest BCUT2D eigenvalue weighted by molar-refractivity contribution is 5.15. The van der Waals surface area contributed by atoms with Crippen molar-refractivity contribution in [1.82, 2.24) is 0 Å². The Morgan fingerprint density at radius 2 is 1.75 bits per heavy atom. The number of hydrogen-bond donors (Lipinski definition) is 2. The van der Waals surface area contributed by atoms with Gasteiger partial charge in [-0.1, -0.05) is 33.6 Å². The molecule has 0 amide bonds. The van der Waals surface area contributed by atoms with Crippen LogP contribution >= 0.6 is 0 Å². The van der Waals surface area contributed by atoms with Crippen LogP contribution in [0.15, 0.2) is 0 Å². The summed E-state index contributed by atoms with van der Waals surface area (Å²) in [5.41, 5.74) is -0.0562. The normalized spacial score (nSPS) is 57.1. The van der Waals surface area contributed by atoms with Crippen LogP contribution in [0, 0.1) is 40.4 Å². The van der Waals surface area contributed by atoms with Gasteiger partial charge in [0.1, 0.15) is 0 Å². The van der Waals surface area contributed by atoms with Crippen LogP contribution in [-0.2, 0) is 0 Å². The molecule has 2 heteroatoms. The predicted octanol–water partition coefficient (Wildman–Crippen LogP) is 4.78. The van der Waals surface area contributed by atoms with Gasteiger partial charge in [-0.2, -0.15) is 0 Å². The lowest BCUT2D eigenvalue weighted by atomic mass is 9.44. The van der Waals surface area contributed by atoms with Crippen LogP contribution in [0.1, 0.15) is 85.0 Å². The molecule has 4 aliphatic rings. The van der Waals surface area contributed by atoms with Crippen molar-refractivity contribution in [1.29, 1.82) is 0 Å². The van der Waals surface area contributed by atoms with E-state index in [1.165, 1.54) is 57.8 Å². The SMILES string of the molecule is C[C@@H]1C[C@H]2[C@@H]3CCC4CCCC[C@]4(C)[C@H]3CC[C@]2(C)[C@@]1(O)CCO. The molecular weight excluding hydrogens is 296 g/mol. The molecule has 0 spiro atoms. The topological polar surface area (TPSA) is 40.5 Å². The first-order valence-corrected chi connectivity index (χ1v) is 10.7. The molecule has 0 saturated heterocycles. The molecule has 2 N–H and O–H groups in total. The summed E-state index contributed by atoms with van der Waals surface area (Å²) in [6.45, 7) is 7.34. The summed E-state index contributed by atoms with van der Waals surface area (Å²) >= 11 is 0. The first-order chi connectivity index (χ1) is 11.4. The third-order valence-electron chi connectivity index (χ3n) is 9.88. The standard InChI is InChI=1S/C22H38O2/c1-15-14-19-17-8-7-16-6-4-5-10-20(16,2)18(17)9-11-21(19,3)22(15,24)12-13-23/h15-19,23-24H,4-14H2,1-3H3/t15-,16?,17-,18+,19+,20+,21+,22-/m1/s1. The fourth-order valence-corrected chi connectivity index (χ4v) is 8.43. The summed E-state index contributed by atoms with van der Waals surface area (Å²) in [6, 6.07) is 0. The molecule has 0 bridgehead atoms. The smallest absolute Gasteiger partial charge is 0.0751 e. The van der Waals surface area contributed by atoms with Gasteiger partial charge in [0.05, 0.1) is 5.60 Å². The average Bonchev–Trinajstić information content (AvgIpc) is 2.75. The minimum absolute atomic E-state index is 0.0220. The predicted molar refractivity (Wildman–Crippen MR) is 97.5 cm³/mol. The zero-order chi connectivity index (χ0) is 17.2. The maximum atomic E-state index is 11.5. The molecule has 138 valence electrons. The van der Waals surface area contributed by atoms with Gasteiger partial charge in [-0.15, -0.1) is 0 Å². The van der Waals surface area contributed by atoms with Crippen molar-refractivity contribution in [3.05, 3.63) is 0 Å². The van der Waals surface area contributed by atoms with Crippen molar-refractivity contribution >= 4 is 0 Å². The van der Waals surface area contributed by atoms with E-state index in [0.717, 1.165) is 17.8 Å². The molecule has 4 fully saturated rings. The van der Waals surface area contributed by atoms with Crippen LogP contribution in [0.4, 0.5) is 0 Å². The molecule has 2 nitrogen and oxygen atoms in total. The summed E-state index contributed by atoms with van der Waals surface area (Å²) < 4.78 is 0. The second-order valence-electron chi connectivity index (χ2n) is 10.4. The van der Waals surface area contributed by atoms with Crippen LogP contribution in [0.25, 0.3) is 0 Å². The lowest BCUT2D eigenvalue weighted by Gasteiger charge is -2.61. The second kappa shape index (κ2) is 5.71. The molecule has 0 aromatic heterocycles. The number of hydrogen-bond acceptors (Lipinski definition) is 2. The van der Waals surface area contributed by atoms with Gasteiger partial charge in [-0.05, 0) is 85.4 Å². The highest BCUT2D eigenvalue weighted by Gasteiger charge is 2.66. The van der Waals surface area contributed by atoms with Crippen molar-refractivity contribution < 1.29 is 10.2 Å². The Kier molecular flexibility index (Phi) is 4.12. The maximum absolute atomic E-state index is 11.5. The maximum Gasteiger partial charge on any atom is 0.0751 e. The van der Waals surface area contributed by atoms with Gasteiger partial charge >= 0.3 is 0 Å². The summed E-state index contributed by atoms with van der Waals surface area (Å²) in [7, 11) is 0. The first-order valence-electron chi connectivity index (χ1n) is 10.7. The van der Waals surface area contributed by atoms with Gasteiger partial charge in [0.2, 0.25) is 0 Å². The summed E-state index contributed by atoms with van der Waals surface area (Å²) in [5.74, 6) is 3.67. The highest BCUT2D eigenvalue weighted by atomic mass is 16.3. The molecular formula is C22H38O2. The van der Waals surface area contributed by atoms with Crippen molar-refractivity contribution in [3.8, 4) is 0 Å². The summed E-state index contributed by atoms with van der Waals surface area (Å²) in [5, 5.41) is 21.1. The van der Waals surface area contributed by atoms with Crippen molar-refractivity contribution in [2.45, 2.75) is 90.6 Å². The van der Waals surface area contributed by atoms with E-state index >= 15 is 0 Å². The largest absolute Gasteiger partial charge is 0.396 e. The fraction of sp³-hybridized carbons (Fsp3) is 1.00.